The Morgan fingerprint density at radius 1 is 1.22 bits per heavy atom. The molecular weight excluding hydrogens is 460 g/mol. The van der Waals surface area contributed by atoms with Crippen LogP contribution in [0.25, 0.3) is 10.9 Å². The smallest absolute Gasteiger partial charge is 0.315 e. The molecule has 36 heavy (non-hydrogen) atoms. The number of ether oxygens (including phenoxy) is 2. The number of benzene rings is 2. The number of nitro groups is 1. The number of fused-ring (bicyclic) bond motifs is 1. The third kappa shape index (κ3) is 5.40. The van der Waals surface area contributed by atoms with Crippen molar-refractivity contribution in [3.63, 3.8) is 0 Å². The fraction of sp³-hybridized carbons (Fsp3) is 0.444. The lowest BCUT2D eigenvalue weighted by Gasteiger charge is -2.22. The molecule has 1 atom stereocenters. The number of nitro benzene ring substituents is 1. The van der Waals surface area contributed by atoms with Gasteiger partial charge in [-0.2, -0.15) is 9.78 Å². The minimum atomic E-state index is -0.491. The minimum absolute atomic E-state index is 0.0979. The van der Waals surface area contributed by atoms with Crippen molar-refractivity contribution in [2.45, 2.75) is 71.3 Å². The van der Waals surface area contributed by atoms with Crippen molar-refractivity contribution in [2.75, 3.05) is 6.61 Å². The van der Waals surface area contributed by atoms with Crippen molar-refractivity contribution in [2.24, 2.45) is 5.10 Å². The van der Waals surface area contributed by atoms with Crippen molar-refractivity contribution in [3.8, 4) is 11.5 Å². The van der Waals surface area contributed by atoms with Crippen molar-refractivity contribution < 1.29 is 14.4 Å². The van der Waals surface area contributed by atoms with Gasteiger partial charge in [0.05, 0.1) is 34.8 Å². The maximum atomic E-state index is 13.4. The van der Waals surface area contributed by atoms with Gasteiger partial charge in [0.1, 0.15) is 5.82 Å². The lowest BCUT2D eigenvalue weighted by molar-refractivity contribution is -0.386. The van der Waals surface area contributed by atoms with Gasteiger partial charge >= 0.3 is 5.69 Å². The highest BCUT2D eigenvalue weighted by Gasteiger charge is 2.25. The molecule has 0 aliphatic heterocycles. The van der Waals surface area contributed by atoms with Gasteiger partial charge in [0.15, 0.2) is 5.75 Å². The molecule has 190 valence electrons. The molecule has 1 saturated carbocycles. The molecule has 3 aromatic rings. The van der Waals surface area contributed by atoms with Crippen LogP contribution in [0.4, 0.5) is 5.69 Å². The average molecular weight is 493 g/mol. The predicted octanol–water partition coefficient (Wildman–Crippen LogP) is 5.81. The second-order valence-corrected chi connectivity index (χ2v) is 9.08. The Morgan fingerprint density at radius 2 is 1.97 bits per heavy atom. The van der Waals surface area contributed by atoms with Crippen LogP contribution in [0, 0.1) is 10.1 Å². The Hall–Kier alpha value is -3.75. The third-order valence-corrected chi connectivity index (χ3v) is 6.52. The summed E-state index contributed by atoms with van der Waals surface area (Å²) in [6.45, 7) is 5.91. The summed E-state index contributed by atoms with van der Waals surface area (Å²) in [5.41, 5.74) is 0.611. The first-order valence-electron chi connectivity index (χ1n) is 12.6. The molecule has 0 saturated heterocycles. The van der Waals surface area contributed by atoms with Gasteiger partial charge in [-0.25, -0.2) is 4.98 Å². The number of aromatic nitrogens is 2. The maximum absolute atomic E-state index is 13.4. The van der Waals surface area contributed by atoms with E-state index in [0.717, 1.165) is 25.7 Å². The summed E-state index contributed by atoms with van der Waals surface area (Å²) in [5, 5.41) is 16.9. The molecule has 0 unspecified atom stereocenters. The van der Waals surface area contributed by atoms with E-state index in [1.165, 1.54) is 23.4 Å². The van der Waals surface area contributed by atoms with E-state index in [4.69, 9.17) is 14.5 Å². The molecule has 1 aliphatic rings. The molecule has 1 fully saturated rings. The Kier molecular flexibility index (Phi) is 7.97. The zero-order valence-electron chi connectivity index (χ0n) is 21.0. The number of nitrogens with zero attached hydrogens (tertiary/aromatic N) is 4. The molecular formula is C27H32N4O5. The molecule has 4 rings (SSSR count). The van der Waals surface area contributed by atoms with E-state index in [-0.39, 0.29) is 34.8 Å². The summed E-state index contributed by atoms with van der Waals surface area (Å²) in [5.74, 6) is 1.13. The number of para-hydroxylation sites is 1. The van der Waals surface area contributed by atoms with Crippen LogP contribution in [0.3, 0.4) is 0 Å². The summed E-state index contributed by atoms with van der Waals surface area (Å²) < 4.78 is 12.9. The van der Waals surface area contributed by atoms with Crippen molar-refractivity contribution >= 4 is 22.8 Å². The van der Waals surface area contributed by atoms with Crippen molar-refractivity contribution in [1.29, 1.82) is 0 Å². The summed E-state index contributed by atoms with van der Waals surface area (Å²) in [7, 11) is 0. The van der Waals surface area contributed by atoms with Crippen molar-refractivity contribution in [1.82, 2.24) is 9.66 Å². The first-order valence-corrected chi connectivity index (χ1v) is 12.6. The van der Waals surface area contributed by atoms with Gasteiger partial charge in [0.2, 0.25) is 5.75 Å². The lowest BCUT2D eigenvalue weighted by Crippen LogP contribution is -2.25. The van der Waals surface area contributed by atoms with Crippen LogP contribution in [-0.4, -0.2) is 33.5 Å². The summed E-state index contributed by atoms with van der Waals surface area (Å²) in [6.07, 6.45) is 7.15. The van der Waals surface area contributed by atoms with Crippen LogP contribution in [0.15, 0.2) is 46.3 Å². The average Bonchev–Trinajstić information content (AvgIpc) is 2.89. The van der Waals surface area contributed by atoms with Gasteiger partial charge in [-0.15, -0.1) is 0 Å². The molecule has 0 radical (unpaired) electrons. The van der Waals surface area contributed by atoms with Crippen molar-refractivity contribution in [3.05, 3.63) is 68.3 Å². The molecule has 0 bridgehead atoms. The van der Waals surface area contributed by atoms with Gasteiger partial charge in [0, 0.05) is 17.5 Å². The molecule has 1 heterocycles. The molecule has 1 aromatic heterocycles. The highest BCUT2D eigenvalue weighted by atomic mass is 16.6. The molecule has 0 spiro atoms. The van der Waals surface area contributed by atoms with E-state index in [0.29, 0.717) is 35.3 Å². The van der Waals surface area contributed by atoms with Gasteiger partial charge < -0.3 is 9.47 Å². The highest BCUT2D eigenvalue weighted by Crippen LogP contribution is 2.39. The fourth-order valence-electron chi connectivity index (χ4n) is 4.49. The van der Waals surface area contributed by atoms with E-state index < -0.39 is 4.92 Å². The van der Waals surface area contributed by atoms with Gasteiger partial charge in [-0.05, 0) is 51.3 Å². The zero-order valence-corrected chi connectivity index (χ0v) is 21.0. The third-order valence-electron chi connectivity index (χ3n) is 6.52. The largest absolute Gasteiger partial charge is 0.490 e. The minimum Gasteiger partial charge on any atom is -0.490 e. The van der Waals surface area contributed by atoms with E-state index in [1.54, 1.807) is 25.1 Å². The summed E-state index contributed by atoms with van der Waals surface area (Å²) in [4.78, 5) is 29.6. The number of hydrogen-bond donors (Lipinski definition) is 0. The molecule has 2 aromatic carbocycles. The number of rotatable bonds is 9. The SMILES string of the molecule is CCOc1cc(C=Nn2c(C3CCCCC3)nc3ccccc3c2=O)cc([N+](=O)[O-])c1O[C@@H](C)CC. The Balaban J connectivity index is 1.82. The zero-order chi connectivity index (χ0) is 25.7. The maximum Gasteiger partial charge on any atom is 0.315 e. The standard InChI is InChI=1S/C27H32N4O5/c1-4-18(3)36-25-23(31(33)34)15-19(16-24(25)35-5-2)17-28-30-26(20-11-7-6-8-12-20)29-22-14-10-9-13-21(22)27(30)32/h9-10,13-18,20H,4-8,11-12H2,1-3H3/t18-/m0/s1. The molecule has 9 nitrogen and oxygen atoms in total. The van der Waals surface area contributed by atoms with E-state index in [1.807, 2.05) is 26.0 Å². The monoisotopic (exact) mass is 492 g/mol. The molecule has 0 amide bonds. The molecule has 1 aliphatic carbocycles. The lowest BCUT2D eigenvalue weighted by atomic mass is 9.88. The summed E-state index contributed by atoms with van der Waals surface area (Å²) >= 11 is 0. The van der Waals surface area contributed by atoms with Crippen LogP contribution in [0.1, 0.15) is 76.6 Å². The Labute approximate surface area is 209 Å². The van der Waals surface area contributed by atoms with E-state index >= 15 is 0 Å². The quantitative estimate of drug-likeness (QED) is 0.212. The van der Waals surface area contributed by atoms with Gasteiger partial charge in [-0.3, -0.25) is 14.9 Å². The topological polar surface area (TPSA) is 109 Å². The fourth-order valence-corrected chi connectivity index (χ4v) is 4.49. The molecule has 0 N–H and O–H groups in total. The normalized spacial score (nSPS) is 15.3. The highest BCUT2D eigenvalue weighted by molar-refractivity contribution is 5.83. The second kappa shape index (κ2) is 11.3. The van der Waals surface area contributed by atoms with Crippen LogP contribution in [-0.2, 0) is 0 Å². The summed E-state index contributed by atoms with van der Waals surface area (Å²) in [6, 6.07) is 10.3. The Morgan fingerprint density at radius 3 is 2.67 bits per heavy atom. The van der Waals surface area contributed by atoms with Crippen LogP contribution in [0.2, 0.25) is 0 Å². The first kappa shape index (κ1) is 25.3. The Bertz CT molecular complexity index is 1330. The van der Waals surface area contributed by atoms with Gasteiger partial charge in [-0.1, -0.05) is 38.3 Å². The van der Waals surface area contributed by atoms with Crippen LogP contribution < -0.4 is 15.0 Å². The van der Waals surface area contributed by atoms with Gasteiger partial charge in [0.25, 0.3) is 5.56 Å². The predicted molar refractivity (Wildman–Crippen MR) is 139 cm³/mol. The second-order valence-electron chi connectivity index (χ2n) is 9.08. The van der Waals surface area contributed by atoms with Crippen LogP contribution >= 0.6 is 0 Å². The van der Waals surface area contributed by atoms with Crippen LogP contribution in [0.5, 0.6) is 11.5 Å². The van der Waals surface area contributed by atoms with E-state index in [9.17, 15) is 14.9 Å². The molecule has 9 heteroatoms. The number of hydrogen-bond acceptors (Lipinski definition) is 7. The van der Waals surface area contributed by atoms with E-state index in [2.05, 4.69) is 5.10 Å². The first-order chi connectivity index (χ1) is 17.4.